The fraction of sp³-hybridized carbons (Fsp3) is 0.107. The van der Waals surface area contributed by atoms with E-state index in [1.807, 2.05) is 0 Å². The maximum Gasteiger partial charge on any atom is 0.164 e. The van der Waals surface area contributed by atoms with Gasteiger partial charge in [-0.15, -0.1) is 0 Å². The van der Waals surface area contributed by atoms with Crippen molar-refractivity contribution in [3.63, 3.8) is 0 Å². The van der Waals surface area contributed by atoms with Crippen LogP contribution in [0.25, 0.3) is 150 Å². The Hall–Kier alpha value is -11.0. The van der Waals surface area contributed by atoms with Crippen LogP contribution in [0.3, 0.4) is 0 Å². The molecule has 0 radical (unpaired) electrons. The second kappa shape index (κ2) is 18.1. The molecule has 90 heavy (non-hydrogen) atoms. The molecule has 0 saturated carbocycles. The highest BCUT2D eigenvalue weighted by Gasteiger charge is 2.41. The molecule has 4 heterocycles. The molecule has 0 spiro atoms. The van der Waals surface area contributed by atoms with E-state index < -0.39 is 0 Å². The number of hydrogen-bond donors (Lipinski definition) is 0. The van der Waals surface area contributed by atoms with Crippen molar-refractivity contribution in [2.24, 2.45) is 0 Å². The molecule has 3 aliphatic rings. The summed E-state index contributed by atoms with van der Waals surface area (Å²) in [7, 11) is 0. The molecule has 4 aromatic heterocycles. The molecule has 0 unspecified atom stereocenters. The number of aromatic nitrogens is 6. The lowest BCUT2D eigenvalue weighted by molar-refractivity contribution is 0.663. The summed E-state index contributed by atoms with van der Waals surface area (Å²) in [6.45, 7) is 14.3. The van der Waals surface area contributed by atoms with E-state index in [1.54, 1.807) is 0 Å². The Labute approximate surface area is 521 Å². The van der Waals surface area contributed by atoms with Crippen molar-refractivity contribution in [3.05, 3.63) is 288 Å². The van der Waals surface area contributed by atoms with Gasteiger partial charge in [0, 0.05) is 82.3 Å². The summed E-state index contributed by atoms with van der Waals surface area (Å²) in [5.41, 5.74) is 28.4. The number of hydrogen-bond acceptors (Lipinski definition) is 3. The van der Waals surface area contributed by atoms with E-state index in [4.69, 9.17) is 15.0 Å². The van der Waals surface area contributed by atoms with Crippen molar-refractivity contribution >= 4 is 65.4 Å². The third-order valence-electron chi connectivity index (χ3n) is 20.8. The van der Waals surface area contributed by atoms with Crippen LogP contribution in [0.2, 0.25) is 0 Å². The van der Waals surface area contributed by atoms with Gasteiger partial charge in [0.05, 0.1) is 33.1 Å². The lowest BCUT2D eigenvalue weighted by Crippen LogP contribution is -2.16. The van der Waals surface area contributed by atoms with E-state index in [0.29, 0.717) is 17.5 Å². The SMILES string of the molecule is CC1(C)c2ccccc2-c2ccc3c4ccccc4n(-c4ccc(-c5nc(-c6ccc(-n7c8ccccc8c8ccc9c(c87)C(C)(C)c7ccccc7-9)cc6)nc(-c6cccc(-n7c8ccccc8c8ccc9c(c87)C(C)(C)c7ccccc7-9)c6)n5)cc4)c3c21. The lowest BCUT2D eigenvalue weighted by Gasteiger charge is -2.24. The highest BCUT2D eigenvalue weighted by molar-refractivity contribution is 6.16. The summed E-state index contributed by atoms with van der Waals surface area (Å²) in [6, 6.07) is 93.9. The summed E-state index contributed by atoms with van der Waals surface area (Å²) in [4.78, 5) is 16.4. The van der Waals surface area contributed by atoms with Gasteiger partial charge in [-0.1, -0.05) is 217 Å². The molecule has 0 fully saturated rings. The van der Waals surface area contributed by atoms with Gasteiger partial charge in [-0.2, -0.15) is 0 Å². The maximum atomic E-state index is 5.48. The third-order valence-corrected chi connectivity index (χ3v) is 20.8. The molecule has 3 aliphatic carbocycles. The van der Waals surface area contributed by atoms with Gasteiger partial charge in [0.2, 0.25) is 0 Å². The van der Waals surface area contributed by atoms with Crippen molar-refractivity contribution in [2.45, 2.75) is 57.8 Å². The Balaban J connectivity index is 0.791. The zero-order valence-electron chi connectivity index (χ0n) is 50.9. The first-order valence-electron chi connectivity index (χ1n) is 31.5. The van der Waals surface area contributed by atoms with Crippen molar-refractivity contribution in [2.75, 3.05) is 0 Å². The van der Waals surface area contributed by atoms with Gasteiger partial charge in [-0.05, 0) is 146 Å². The van der Waals surface area contributed by atoms with Crippen LogP contribution in [-0.2, 0) is 16.2 Å². The number of rotatable bonds is 6. The smallest absolute Gasteiger partial charge is 0.164 e. The predicted molar refractivity (Wildman–Crippen MR) is 372 cm³/mol. The average Bonchev–Trinajstić information content (AvgIpc) is 1.56. The molecule has 19 rings (SSSR count). The van der Waals surface area contributed by atoms with E-state index in [0.717, 1.165) is 39.3 Å². The normalized spacial score (nSPS) is 14.6. The topological polar surface area (TPSA) is 53.5 Å². The molecule has 426 valence electrons. The van der Waals surface area contributed by atoms with E-state index in [2.05, 4.69) is 310 Å². The van der Waals surface area contributed by atoms with Crippen molar-refractivity contribution in [1.82, 2.24) is 28.7 Å². The molecule has 0 aliphatic heterocycles. The minimum absolute atomic E-state index is 0.207. The third kappa shape index (κ3) is 6.80. The Kier molecular flexibility index (Phi) is 10.3. The zero-order valence-corrected chi connectivity index (χ0v) is 50.9. The Morgan fingerprint density at radius 1 is 0.244 bits per heavy atom. The van der Waals surface area contributed by atoms with Crippen LogP contribution in [0, 0.1) is 0 Å². The molecular formula is C84H60N6. The van der Waals surface area contributed by atoms with E-state index in [-0.39, 0.29) is 16.2 Å². The first-order chi connectivity index (χ1) is 43.9. The first-order valence-corrected chi connectivity index (χ1v) is 31.5. The van der Waals surface area contributed by atoms with E-state index in [9.17, 15) is 0 Å². The van der Waals surface area contributed by atoms with E-state index >= 15 is 0 Å². The molecule has 16 aromatic rings. The van der Waals surface area contributed by atoms with Gasteiger partial charge < -0.3 is 13.7 Å². The number of benzene rings is 12. The van der Waals surface area contributed by atoms with Crippen LogP contribution in [0.1, 0.15) is 74.9 Å². The summed E-state index contributed by atoms with van der Waals surface area (Å²) in [6.07, 6.45) is 0. The maximum absolute atomic E-state index is 5.48. The summed E-state index contributed by atoms with van der Waals surface area (Å²) in [5.74, 6) is 1.80. The first kappa shape index (κ1) is 51.1. The number of nitrogens with zero attached hydrogens (tertiary/aromatic N) is 6. The highest BCUT2D eigenvalue weighted by atomic mass is 15.0. The Morgan fingerprint density at radius 3 is 0.944 bits per heavy atom. The molecule has 0 amide bonds. The Bertz CT molecular complexity index is 5560. The summed E-state index contributed by atoms with van der Waals surface area (Å²) < 4.78 is 7.44. The molecule has 0 bridgehead atoms. The lowest BCUT2D eigenvalue weighted by atomic mass is 9.81. The van der Waals surface area contributed by atoms with Crippen LogP contribution >= 0.6 is 0 Å². The average molecular weight is 1150 g/mol. The quantitative estimate of drug-likeness (QED) is 0.167. The van der Waals surface area contributed by atoms with E-state index in [1.165, 1.54) is 127 Å². The second-order valence-corrected chi connectivity index (χ2v) is 26.7. The van der Waals surface area contributed by atoms with Crippen molar-refractivity contribution in [1.29, 1.82) is 0 Å². The molecule has 0 atom stereocenters. The molecule has 0 saturated heterocycles. The van der Waals surface area contributed by atoms with Crippen LogP contribution in [-0.4, -0.2) is 28.7 Å². The molecular weight excluding hydrogens is 1090 g/mol. The molecule has 6 heteroatoms. The predicted octanol–water partition coefficient (Wildman–Crippen LogP) is 21.1. The minimum Gasteiger partial charge on any atom is -0.309 e. The summed E-state index contributed by atoms with van der Waals surface area (Å²) >= 11 is 0. The second-order valence-electron chi connectivity index (χ2n) is 26.7. The van der Waals surface area contributed by atoms with Gasteiger partial charge in [0.15, 0.2) is 17.5 Å². The van der Waals surface area contributed by atoms with Crippen LogP contribution < -0.4 is 0 Å². The van der Waals surface area contributed by atoms with Crippen LogP contribution in [0.4, 0.5) is 0 Å². The fourth-order valence-electron chi connectivity index (χ4n) is 16.8. The van der Waals surface area contributed by atoms with Gasteiger partial charge in [0.1, 0.15) is 0 Å². The number of fused-ring (bicyclic) bond motifs is 21. The van der Waals surface area contributed by atoms with Gasteiger partial charge in [0.25, 0.3) is 0 Å². The molecule has 6 nitrogen and oxygen atoms in total. The monoisotopic (exact) mass is 1150 g/mol. The van der Waals surface area contributed by atoms with Gasteiger partial charge >= 0.3 is 0 Å². The van der Waals surface area contributed by atoms with Gasteiger partial charge in [-0.3, -0.25) is 0 Å². The van der Waals surface area contributed by atoms with Gasteiger partial charge in [-0.25, -0.2) is 15.0 Å². The standard InChI is InChI=1S/C84H60N6/c1-82(2)67-28-13-7-22-55(67)61-42-45-64-58-25-10-16-31-70(58)88(76(64)73(61)82)52-38-34-49(35-39-52)79-85-80(50-36-40-53(41-37-50)89-71-32-17-11-26-59(71)65-46-43-62-56-23-8-14-29-68(56)83(3,4)74(62)77(65)89)87-81(86-79)51-20-19-21-54(48-51)90-72-33-18-12-27-60(72)66-47-44-63-57-24-9-15-30-69(57)84(5,6)75(63)78(66)90/h7-48H,1-6H3. The zero-order chi connectivity index (χ0) is 60.1. The van der Waals surface area contributed by atoms with Crippen molar-refractivity contribution < 1.29 is 0 Å². The van der Waals surface area contributed by atoms with Crippen molar-refractivity contribution in [3.8, 4) is 84.6 Å². The summed E-state index contributed by atoms with van der Waals surface area (Å²) in [5, 5.41) is 7.45. The highest BCUT2D eigenvalue weighted by Crippen LogP contribution is 2.56. The minimum atomic E-state index is -0.230. The molecule has 12 aromatic carbocycles. The number of para-hydroxylation sites is 3. The Morgan fingerprint density at radius 2 is 0.567 bits per heavy atom. The van der Waals surface area contributed by atoms with Crippen LogP contribution in [0.15, 0.2) is 255 Å². The molecule has 0 N–H and O–H groups in total. The largest absolute Gasteiger partial charge is 0.309 e. The fourth-order valence-corrected chi connectivity index (χ4v) is 16.8. The van der Waals surface area contributed by atoms with Crippen LogP contribution in [0.5, 0.6) is 0 Å².